The Kier molecular flexibility index (Phi) is 7.50. The van der Waals surface area contributed by atoms with Gasteiger partial charge in [0.2, 0.25) is 11.8 Å². The third kappa shape index (κ3) is 5.31. The topological polar surface area (TPSA) is 59.1 Å². The van der Waals surface area contributed by atoms with Crippen molar-refractivity contribution in [3.63, 3.8) is 0 Å². The lowest BCUT2D eigenvalue weighted by Gasteiger charge is -2.37. The fraction of sp³-hybridized carbons (Fsp3) is 0.556. The summed E-state index contributed by atoms with van der Waals surface area (Å²) in [6.07, 6.45) is 6.94. The molecule has 182 valence electrons. The number of amides is 2. The first-order chi connectivity index (χ1) is 16.7. The molecule has 6 nitrogen and oxygen atoms in total. The van der Waals surface area contributed by atoms with Crippen LogP contribution in [0.2, 0.25) is 0 Å². The van der Waals surface area contributed by atoms with Gasteiger partial charge in [0.1, 0.15) is 12.4 Å². The van der Waals surface area contributed by atoms with Crippen LogP contribution >= 0.6 is 11.3 Å². The Labute approximate surface area is 205 Å². The largest absolute Gasteiger partial charge is 0.491 e. The van der Waals surface area contributed by atoms with E-state index in [1.807, 2.05) is 35.2 Å². The first-order valence-corrected chi connectivity index (χ1v) is 13.5. The second-order valence-electron chi connectivity index (χ2n) is 9.61. The molecule has 2 fully saturated rings. The number of para-hydroxylation sites is 1. The summed E-state index contributed by atoms with van der Waals surface area (Å²) in [4.78, 5) is 32.1. The number of hydrogen-bond donors (Lipinski definition) is 0. The average Bonchev–Trinajstić information content (AvgIpc) is 3.65. The lowest BCUT2D eigenvalue weighted by Crippen LogP contribution is -2.50. The molecule has 0 N–H and O–H groups in total. The fourth-order valence-corrected chi connectivity index (χ4v) is 6.45. The van der Waals surface area contributed by atoms with Gasteiger partial charge in [-0.1, -0.05) is 31.0 Å². The number of benzene rings is 1. The van der Waals surface area contributed by atoms with E-state index >= 15 is 0 Å². The molecule has 2 unspecified atom stereocenters. The Bertz CT molecular complexity index is 966. The van der Waals surface area contributed by atoms with E-state index in [9.17, 15) is 9.59 Å². The first kappa shape index (κ1) is 23.4. The summed E-state index contributed by atoms with van der Waals surface area (Å²) >= 11 is 1.75. The summed E-state index contributed by atoms with van der Waals surface area (Å²) < 4.78 is 11.9. The molecule has 0 bridgehead atoms. The SMILES string of the molecule is O=C(C1CCCC1)N(CC(=O)N1CCc2sccc2C1COc1ccccc1)CC1CCCO1. The number of carbonyl (C=O) groups excluding carboxylic acids is 2. The van der Waals surface area contributed by atoms with Crippen LogP contribution in [0, 0.1) is 5.92 Å². The van der Waals surface area contributed by atoms with Crippen LogP contribution in [-0.2, 0) is 20.7 Å². The molecule has 2 amide bonds. The maximum Gasteiger partial charge on any atom is 0.242 e. The summed E-state index contributed by atoms with van der Waals surface area (Å²) in [6.45, 7) is 2.44. The van der Waals surface area contributed by atoms with Crippen LogP contribution in [0.1, 0.15) is 55.0 Å². The summed E-state index contributed by atoms with van der Waals surface area (Å²) in [5.41, 5.74) is 1.17. The minimum atomic E-state index is -0.145. The van der Waals surface area contributed by atoms with Crippen molar-refractivity contribution in [2.45, 2.75) is 57.1 Å². The Morgan fingerprint density at radius 3 is 2.68 bits per heavy atom. The molecule has 1 aliphatic carbocycles. The summed E-state index contributed by atoms with van der Waals surface area (Å²) in [6, 6.07) is 11.7. The van der Waals surface area contributed by atoms with Crippen molar-refractivity contribution in [1.29, 1.82) is 0 Å². The van der Waals surface area contributed by atoms with E-state index < -0.39 is 0 Å². The van der Waals surface area contributed by atoms with Crippen molar-refractivity contribution in [3.8, 4) is 5.75 Å². The monoisotopic (exact) mass is 482 g/mol. The maximum absolute atomic E-state index is 13.7. The molecular weight excluding hydrogens is 448 g/mol. The molecule has 1 saturated carbocycles. The highest BCUT2D eigenvalue weighted by Gasteiger charge is 2.36. The lowest BCUT2D eigenvalue weighted by atomic mass is 10.00. The van der Waals surface area contributed by atoms with Crippen molar-refractivity contribution in [3.05, 3.63) is 52.2 Å². The molecular formula is C27H34N2O4S. The molecule has 3 aliphatic rings. The Hall–Kier alpha value is -2.38. The van der Waals surface area contributed by atoms with Crippen LogP contribution in [-0.4, -0.2) is 60.6 Å². The minimum Gasteiger partial charge on any atom is -0.491 e. The molecule has 0 spiro atoms. The molecule has 1 aromatic carbocycles. The quantitative estimate of drug-likeness (QED) is 0.558. The predicted molar refractivity (Wildman–Crippen MR) is 132 cm³/mol. The standard InChI is InChI=1S/C27H34N2O4S/c30-26(18-28(17-22-11-6-15-32-22)27(31)20-7-4-5-8-20)29-14-12-25-23(13-16-34-25)24(29)19-33-21-9-2-1-3-10-21/h1-3,9-10,13,16,20,22,24H,4-8,11-12,14-15,17-19H2. The van der Waals surface area contributed by atoms with Crippen LogP contribution in [0.3, 0.4) is 0 Å². The molecule has 34 heavy (non-hydrogen) atoms. The van der Waals surface area contributed by atoms with E-state index in [1.54, 1.807) is 16.2 Å². The highest BCUT2D eigenvalue weighted by Crippen LogP contribution is 2.34. The van der Waals surface area contributed by atoms with Gasteiger partial charge in [0.15, 0.2) is 0 Å². The highest BCUT2D eigenvalue weighted by atomic mass is 32.1. The minimum absolute atomic E-state index is 0.00264. The molecule has 3 heterocycles. The number of thiophene rings is 1. The number of ether oxygens (including phenoxy) is 2. The van der Waals surface area contributed by atoms with E-state index in [4.69, 9.17) is 9.47 Å². The third-order valence-electron chi connectivity index (χ3n) is 7.36. The number of hydrogen-bond acceptors (Lipinski definition) is 5. The molecule has 2 aromatic rings. The zero-order valence-electron chi connectivity index (χ0n) is 19.7. The van der Waals surface area contributed by atoms with Gasteiger partial charge in [-0.15, -0.1) is 11.3 Å². The van der Waals surface area contributed by atoms with E-state index in [0.717, 1.165) is 57.3 Å². The summed E-state index contributed by atoms with van der Waals surface area (Å²) in [7, 11) is 0. The second-order valence-corrected chi connectivity index (χ2v) is 10.6. The van der Waals surface area contributed by atoms with E-state index in [2.05, 4.69) is 11.4 Å². The second kappa shape index (κ2) is 10.9. The molecule has 1 aromatic heterocycles. The van der Waals surface area contributed by atoms with Crippen molar-refractivity contribution in [2.75, 3.05) is 32.8 Å². The average molecular weight is 483 g/mol. The fourth-order valence-electron chi connectivity index (χ4n) is 5.52. The van der Waals surface area contributed by atoms with Crippen LogP contribution in [0.4, 0.5) is 0 Å². The van der Waals surface area contributed by atoms with Gasteiger partial charge in [0.25, 0.3) is 0 Å². The van der Waals surface area contributed by atoms with E-state index in [0.29, 0.717) is 19.7 Å². The number of rotatable bonds is 8. The Morgan fingerprint density at radius 1 is 1.09 bits per heavy atom. The Balaban J connectivity index is 1.31. The predicted octanol–water partition coefficient (Wildman–Crippen LogP) is 4.45. The van der Waals surface area contributed by atoms with Gasteiger partial charge in [-0.25, -0.2) is 0 Å². The number of fused-ring (bicyclic) bond motifs is 1. The van der Waals surface area contributed by atoms with Crippen LogP contribution in [0.15, 0.2) is 41.8 Å². The highest BCUT2D eigenvalue weighted by molar-refractivity contribution is 7.10. The molecule has 2 atom stereocenters. The van der Waals surface area contributed by atoms with Gasteiger partial charge in [0, 0.05) is 30.5 Å². The summed E-state index contributed by atoms with van der Waals surface area (Å²) in [5, 5.41) is 2.10. The van der Waals surface area contributed by atoms with Crippen LogP contribution < -0.4 is 4.74 Å². The van der Waals surface area contributed by atoms with Crippen molar-refractivity contribution in [1.82, 2.24) is 9.80 Å². The molecule has 0 radical (unpaired) electrons. The molecule has 5 rings (SSSR count). The van der Waals surface area contributed by atoms with Gasteiger partial charge in [0.05, 0.1) is 18.7 Å². The van der Waals surface area contributed by atoms with E-state index in [-0.39, 0.29) is 36.4 Å². The normalized spacial score (nSPS) is 22.5. The summed E-state index contributed by atoms with van der Waals surface area (Å²) in [5.74, 6) is 0.986. The van der Waals surface area contributed by atoms with Gasteiger partial charge in [-0.2, -0.15) is 0 Å². The molecule has 2 aliphatic heterocycles. The van der Waals surface area contributed by atoms with Crippen molar-refractivity contribution < 1.29 is 19.1 Å². The smallest absolute Gasteiger partial charge is 0.242 e. The van der Waals surface area contributed by atoms with Gasteiger partial charge in [-0.3, -0.25) is 9.59 Å². The molecule has 7 heteroatoms. The third-order valence-corrected chi connectivity index (χ3v) is 8.35. The Morgan fingerprint density at radius 2 is 1.91 bits per heavy atom. The van der Waals surface area contributed by atoms with Crippen LogP contribution in [0.5, 0.6) is 5.75 Å². The van der Waals surface area contributed by atoms with Gasteiger partial charge < -0.3 is 19.3 Å². The van der Waals surface area contributed by atoms with Crippen molar-refractivity contribution >= 4 is 23.2 Å². The maximum atomic E-state index is 13.7. The van der Waals surface area contributed by atoms with Gasteiger partial charge >= 0.3 is 0 Å². The van der Waals surface area contributed by atoms with Gasteiger partial charge in [-0.05, 0) is 61.2 Å². The number of nitrogens with zero attached hydrogens (tertiary/aromatic N) is 2. The molecule has 1 saturated heterocycles. The zero-order valence-corrected chi connectivity index (χ0v) is 20.5. The first-order valence-electron chi connectivity index (χ1n) is 12.6. The number of carbonyl (C=O) groups is 2. The van der Waals surface area contributed by atoms with E-state index in [1.165, 1.54) is 10.4 Å². The van der Waals surface area contributed by atoms with Crippen LogP contribution in [0.25, 0.3) is 0 Å². The van der Waals surface area contributed by atoms with Crippen molar-refractivity contribution in [2.24, 2.45) is 5.92 Å². The lowest BCUT2D eigenvalue weighted by molar-refractivity contribution is -0.146. The zero-order chi connectivity index (χ0) is 23.3.